The number of carbonyl (C=O) groups excluding carboxylic acids is 1. The number of urea groups is 1. The normalized spacial score (nSPS) is 10.9. The van der Waals surface area contributed by atoms with Crippen LogP contribution in [0.5, 0.6) is 11.8 Å². The number of benzene rings is 1. The van der Waals surface area contributed by atoms with E-state index >= 15 is 0 Å². The Kier molecular flexibility index (Phi) is 6.52. The number of para-hydroxylation sites is 1. The third-order valence-corrected chi connectivity index (χ3v) is 4.36. The molecule has 2 aromatic rings. The van der Waals surface area contributed by atoms with Gasteiger partial charge in [0.05, 0.1) is 13.0 Å². The second kappa shape index (κ2) is 8.63. The minimum Gasteiger partial charge on any atom is -0.491 e. The standard InChI is InChI=1S/C14H16ClN5O5S/c1-9-16-12(19-14(17-9)24-2)18-13(21)20-26(22,23)11-6-4-3-5-10(11)25-8-7-15/h3-6H,7-8H2,1-2H3,(H2,16,17,18,19,20,21). The van der Waals surface area contributed by atoms with Crippen molar-refractivity contribution in [1.82, 2.24) is 19.7 Å². The lowest BCUT2D eigenvalue weighted by Crippen LogP contribution is -2.35. The van der Waals surface area contributed by atoms with E-state index in [0.717, 1.165) is 0 Å². The van der Waals surface area contributed by atoms with E-state index in [1.807, 2.05) is 4.72 Å². The molecular formula is C14H16ClN5O5S. The maximum absolute atomic E-state index is 12.4. The summed E-state index contributed by atoms with van der Waals surface area (Å²) in [5, 5.41) is 2.21. The largest absolute Gasteiger partial charge is 0.491 e. The van der Waals surface area contributed by atoms with Gasteiger partial charge in [0.1, 0.15) is 23.1 Å². The number of alkyl halides is 1. The maximum atomic E-state index is 12.4. The Hall–Kier alpha value is -2.66. The van der Waals surface area contributed by atoms with Gasteiger partial charge in [-0.1, -0.05) is 12.1 Å². The first-order valence-corrected chi connectivity index (χ1v) is 9.25. The number of hydrogen-bond donors (Lipinski definition) is 2. The molecule has 1 heterocycles. The van der Waals surface area contributed by atoms with Crippen LogP contribution in [0.4, 0.5) is 10.7 Å². The van der Waals surface area contributed by atoms with Crippen molar-refractivity contribution in [1.29, 1.82) is 0 Å². The topological polar surface area (TPSA) is 132 Å². The number of sulfonamides is 1. The van der Waals surface area contributed by atoms with Crippen LogP contribution in [0.3, 0.4) is 0 Å². The number of aryl methyl sites for hydroxylation is 1. The Labute approximate surface area is 155 Å². The summed E-state index contributed by atoms with van der Waals surface area (Å²) in [4.78, 5) is 23.4. The molecule has 0 unspecified atom stereocenters. The van der Waals surface area contributed by atoms with Gasteiger partial charge in [0.2, 0.25) is 5.95 Å². The highest BCUT2D eigenvalue weighted by molar-refractivity contribution is 7.90. The Morgan fingerprint density at radius 2 is 1.96 bits per heavy atom. The van der Waals surface area contributed by atoms with Crippen molar-refractivity contribution in [2.45, 2.75) is 11.8 Å². The summed E-state index contributed by atoms with van der Waals surface area (Å²) in [5.41, 5.74) is 0. The van der Waals surface area contributed by atoms with Crippen LogP contribution < -0.4 is 19.5 Å². The van der Waals surface area contributed by atoms with Gasteiger partial charge >= 0.3 is 12.0 Å². The molecule has 0 bridgehead atoms. The van der Waals surface area contributed by atoms with E-state index in [4.69, 9.17) is 21.1 Å². The molecule has 0 aliphatic carbocycles. The van der Waals surface area contributed by atoms with Crippen molar-refractivity contribution in [3.8, 4) is 11.8 Å². The minimum atomic E-state index is -4.20. The lowest BCUT2D eigenvalue weighted by Gasteiger charge is -2.12. The average Bonchev–Trinajstić information content (AvgIpc) is 2.59. The van der Waals surface area contributed by atoms with E-state index in [0.29, 0.717) is 0 Å². The van der Waals surface area contributed by atoms with Crippen LogP contribution in [-0.2, 0) is 10.0 Å². The van der Waals surface area contributed by atoms with E-state index in [9.17, 15) is 13.2 Å². The number of methoxy groups -OCH3 is 1. The van der Waals surface area contributed by atoms with Gasteiger partial charge in [-0.3, -0.25) is 5.32 Å². The molecule has 12 heteroatoms. The van der Waals surface area contributed by atoms with E-state index in [-0.39, 0.29) is 40.9 Å². The van der Waals surface area contributed by atoms with E-state index in [1.54, 1.807) is 13.0 Å². The molecule has 2 rings (SSSR count). The van der Waals surface area contributed by atoms with Gasteiger partial charge in [0.15, 0.2) is 0 Å². The van der Waals surface area contributed by atoms with Crippen LogP contribution in [0.25, 0.3) is 0 Å². The number of nitrogens with one attached hydrogen (secondary N) is 2. The van der Waals surface area contributed by atoms with Crippen molar-refractivity contribution in [2.24, 2.45) is 0 Å². The van der Waals surface area contributed by atoms with Crippen molar-refractivity contribution in [2.75, 3.05) is 24.9 Å². The number of halogens is 1. The smallest absolute Gasteiger partial charge is 0.335 e. The highest BCUT2D eigenvalue weighted by Gasteiger charge is 2.22. The SMILES string of the molecule is COc1nc(C)nc(NC(=O)NS(=O)(=O)c2ccccc2OCCCl)n1. The molecule has 0 aliphatic heterocycles. The average molecular weight is 402 g/mol. The quantitative estimate of drug-likeness (QED) is 0.663. The lowest BCUT2D eigenvalue weighted by atomic mass is 10.3. The van der Waals surface area contributed by atoms with Crippen LogP contribution in [0, 0.1) is 6.92 Å². The third kappa shape index (κ3) is 5.17. The number of hydrogen-bond acceptors (Lipinski definition) is 8. The van der Waals surface area contributed by atoms with Crippen LogP contribution in [0.15, 0.2) is 29.2 Å². The number of amides is 2. The molecule has 1 aromatic heterocycles. The highest BCUT2D eigenvalue weighted by atomic mass is 35.5. The summed E-state index contributed by atoms with van der Waals surface area (Å²) in [6.07, 6.45) is 0. The first-order valence-electron chi connectivity index (χ1n) is 7.24. The monoisotopic (exact) mass is 401 g/mol. The number of rotatable bonds is 7. The van der Waals surface area contributed by atoms with Crippen LogP contribution in [0.1, 0.15) is 5.82 Å². The summed E-state index contributed by atoms with van der Waals surface area (Å²) >= 11 is 5.55. The molecule has 0 saturated carbocycles. The van der Waals surface area contributed by atoms with Crippen LogP contribution in [-0.4, -0.2) is 49.0 Å². The zero-order valence-corrected chi connectivity index (χ0v) is 15.5. The zero-order chi connectivity index (χ0) is 19.2. The molecular weight excluding hydrogens is 386 g/mol. The minimum absolute atomic E-state index is 0.0181. The Balaban J connectivity index is 2.17. The number of ether oxygens (including phenoxy) is 2. The molecule has 0 atom stereocenters. The second-order valence-electron chi connectivity index (χ2n) is 4.74. The predicted molar refractivity (Wildman–Crippen MR) is 93.1 cm³/mol. The van der Waals surface area contributed by atoms with Crippen molar-refractivity contribution < 1.29 is 22.7 Å². The summed E-state index contributed by atoms with van der Waals surface area (Å²) in [6, 6.07) is 4.79. The number of carbonyl (C=O) groups is 1. The molecule has 2 amide bonds. The van der Waals surface area contributed by atoms with Crippen molar-refractivity contribution >= 4 is 33.6 Å². The molecule has 0 spiro atoms. The lowest BCUT2D eigenvalue weighted by molar-refractivity contribution is 0.256. The van der Waals surface area contributed by atoms with Gasteiger partial charge in [-0.25, -0.2) is 17.9 Å². The molecule has 2 N–H and O–H groups in total. The first-order chi connectivity index (χ1) is 12.4. The van der Waals surface area contributed by atoms with Gasteiger partial charge < -0.3 is 9.47 Å². The Morgan fingerprint density at radius 3 is 2.65 bits per heavy atom. The predicted octanol–water partition coefficient (Wildman–Crippen LogP) is 1.32. The molecule has 10 nitrogen and oxygen atoms in total. The van der Waals surface area contributed by atoms with Gasteiger partial charge in [-0.15, -0.1) is 11.6 Å². The van der Waals surface area contributed by atoms with Gasteiger partial charge in [-0.2, -0.15) is 15.0 Å². The molecule has 140 valence electrons. The molecule has 26 heavy (non-hydrogen) atoms. The summed E-state index contributed by atoms with van der Waals surface area (Å²) in [5.74, 6) is 0.387. The first kappa shape index (κ1) is 19.7. The number of nitrogens with zero attached hydrogens (tertiary/aromatic N) is 3. The highest BCUT2D eigenvalue weighted by Crippen LogP contribution is 2.23. The van der Waals surface area contributed by atoms with Gasteiger partial charge in [0, 0.05) is 0 Å². The summed E-state index contributed by atoms with van der Waals surface area (Å²) in [6.45, 7) is 1.68. The summed E-state index contributed by atoms with van der Waals surface area (Å²) < 4.78 is 36.9. The van der Waals surface area contributed by atoms with Crippen molar-refractivity contribution in [3.63, 3.8) is 0 Å². The molecule has 1 aromatic carbocycles. The molecule has 0 aliphatic rings. The fraction of sp³-hybridized carbons (Fsp3) is 0.286. The van der Waals surface area contributed by atoms with Crippen LogP contribution in [0.2, 0.25) is 0 Å². The molecule has 0 saturated heterocycles. The van der Waals surface area contributed by atoms with Gasteiger partial charge in [0.25, 0.3) is 10.0 Å². The van der Waals surface area contributed by atoms with Gasteiger partial charge in [-0.05, 0) is 19.1 Å². The Morgan fingerprint density at radius 1 is 1.23 bits per heavy atom. The number of aromatic nitrogens is 3. The second-order valence-corrected chi connectivity index (χ2v) is 6.77. The number of anilines is 1. The van der Waals surface area contributed by atoms with E-state index < -0.39 is 16.1 Å². The zero-order valence-electron chi connectivity index (χ0n) is 13.9. The Bertz CT molecular complexity index is 893. The molecule has 0 radical (unpaired) electrons. The van der Waals surface area contributed by atoms with E-state index in [2.05, 4.69) is 20.3 Å². The van der Waals surface area contributed by atoms with E-state index in [1.165, 1.54) is 25.3 Å². The fourth-order valence-corrected chi connectivity index (χ4v) is 2.98. The van der Waals surface area contributed by atoms with Crippen molar-refractivity contribution in [3.05, 3.63) is 30.1 Å². The molecule has 0 fully saturated rings. The third-order valence-electron chi connectivity index (χ3n) is 2.84. The van der Waals surface area contributed by atoms with Crippen LogP contribution >= 0.6 is 11.6 Å². The summed E-state index contributed by atoms with van der Waals surface area (Å²) in [7, 11) is -2.85. The maximum Gasteiger partial charge on any atom is 0.335 e. The fourth-order valence-electron chi connectivity index (χ4n) is 1.85.